The Hall–Kier alpha value is -3.42. The molecule has 1 saturated carbocycles. The van der Waals surface area contributed by atoms with E-state index in [1.807, 2.05) is 12.1 Å². The Morgan fingerprint density at radius 2 is 1.83 bits per heavy atom. The molecule has 0 N–H and O–H groups in total. The van der Waals surface area contributed by atoms with Crippen molar-refractivity contribution in [2.45, 2.75) is 44.0 Å². The fourth-order valence-corrected chi connectivity index (χ4v) is 5.40. The highest BCUT2D eigenvalue weighted by Gasteiger charge is 2.53. The van der Waals surface area contributed by atoms with Crippen molar-refractivity contribution in [3.63, 3.8) is 0 Å². The van der Waals surface area contributed by atoms with Gasteiger partial charge in [0.2, 0.25) is 0 Å². The van der Waals surface area contributed by atoms with E-state index in [4.69, 9.17) is 14.2 Å². The number of halogens is 2. The predicted octanol–water partition coefficient (Wildman–Crippen LogP) is 4.33. The van der Waals surface area contributed by atoms with Gasteiger partial charge < -0.3 is 19.1 Å². The van der Waals surface area contributed by atoms with Crippen LogP contribution in [-0.4, -0.2) is 49.6 Å². The van der Waals surface area contributed by atoms with Crippen molar-refractivity contribution >= 4 is 11.7 Å². The lowest BCUT2D eigenvalue weighted by atomic mass is 9.77. The number of alkyl halides is 1. The van der Waals surface area contributed by atoms with Crippen LogP contribution in [0.4, 0.5) is 8.78 Å². The van der Waals surface area contributed by atoms with Crippen LogP contribution in [0.2, 0.25) is 0 Å². The SMILES string of the molecule is COc1ccc(CCN2C(=O)C3=C(C(=O)C4CC(F)CCC4O3)C2c2ccccc2F)cc1OC. The van der Waals surface area contributed by atoms with Gasteiger partial charge in [0.25, 0.3) is 5.91 Å². The Labute approximate surface area is 202 Å². The molecule has 6 nitrogen and oxygen atoms in total. The molecule has 2 heterocycles. The molecule has 2 aromatic carbocycles. The molecule has 1 fully saturated rings. The molecule has 3 aliphatic rings. The van der Waals surface area contributed by atoms with Crippen LogP contribution in [0.3, 0.4) is 0 Å². The van der Waals surface area contributed by atoms with Crippen LogP contribution in [0.25, 0.3) is 0 Å². The number of benzene rings is 2. The second kappa shape index (κ2) is 9.32. The zero-order valence-electron chi connectivity index (χ0n) is 19.6. The molecule has 0 spiro atoms. The van der Waals surface area contributed by atoms with Crippen LogP contribution in [0.5, 0.6) is 11.5 Å². The number of Topliss-reactive ketones (excluding diaryl/α,β-unsaturated/α-hetero) is 1. The molecule has 8 heteroatoms. The van der Waals surface area contributed by atoms with Gasteiger partial charge in [0.15, 0.2) is 23.0 Å². The number of fused-ring (bicyclic) bond motifs is 1. The molecule has 2 aromatic rings. The Morgan fingerprint density at radius 1 is 1.06 bits per heavy atom. The first kappa shape index (κ1) is 23.3. The lowest BCUT2D eigenvalue weighted by Crippen LogP contribution is -2.42. The van der Waals surface area contributed by atoms with Crippen molar-refractivity contribution < 1.29 is 32.6 Å². The van der Waals surface area contributed by atoms with Gasteiger partial charge in [0.1, 0.15) is 18.1 Å². The first-order chi connectivity index (χ1) is 16.9. The lowest BCUT2D eigenvalue weighted by Gasteiger charge is -2.36. The molecular formula is C27H27F2NO5. The van der Waals surface area contributed by atoms with E-state index >= 15 is 0 Å². The number of ether oxygens (including phenoxy) is 3. The van der Waals surface area contributed by atoms with Gasteiger partial charge in [0.05, 0.1) is 31.8 Å². The molecule has 5 rings (SSSR count). The highest BCUT2D eigenvalue weighted by molar-refractivity contribution is 6.11. The molecule has 0 saturated heterocycles. The maximum absolute atomic E-state index is 15.0. The number of carbonyl (C=O) groups is 2. The number of hydrogen-bond donors (Lipinski definition) is 0. The summed E-state index contributed by atoms with van der Waals surface area (Å²) in [4.78, 5) is 28.6. The highest BCUT2D eigenvalue weighted by atomic mass is 19.1. The number of nitrogens with zero attached hydrogens (tertiary/aromatic N) is 1. The average molecular weight is 484 g/mol. The first-order valence-electron chi connectivity index (χ1n) is 11.8. The summed E-state index contributed by atoms with van der Waals surface area (Å²) in [6, 6.07) is 10.7. The Balaban J connectivity index is 1.49. The van der Waals surface area contributed by atoms with E-state index in [1.165, 1.54) is 11.0 Å². The normalized spacial score (nSPS) is 25.8. The van der Waals surface area contributed by atoms with Crippen LogP contribution >= 0.6 is 0 Å². The molecular weight excluding hydrogens is 456 g/mol. The minimum atomic E-state index is -1.09. The van der Waals surface area contributed by atoms with Crippen LogP contribution in [0.1, 0.15) is 36.4 Å². The number of methoxy groups -OCH3 is 2. The Kier molecular flexibility index (Phi) is 6.21. The zero-order valence-corrected chi connectivity index (χ0v) is 19.6. The van der Waals surface area contributed by atoms with Crippen LogP contribution in [-0.2, 0) is 20.7 Å². The smallest absolute Gasteiger partial charge is 0.290 e. The topological polar surface area (TPSA) is 65.1 Å². The number of carbonyl (C=O) groups excluding carboxylic acids is 2. The van der Waals surface area contributed by atoms with Crippen molar-refractivity contribution in [1.29, 1.82) is 0 Å². The summed E-state index contributed by atoms with van der Waals surface area (Å²) >= 11 is 0. The van der Waals surface area contributed by atoms with E-state index in [9.17, 15) is 18.4 Å². The zero-order chi connectivity index (χ0) is 24.7. The Morgan fingerprint density at radius 3 is 2.57 bits per heavy atom. The number of rotatable bonds is 6. The van der Waals surface area contributed by atoms with Gasteiger partial charge in [-0.1, -0.05) is 24.3 Å². The third-order valence-corrected chi connectivity index (χ3v) is 7.17. The predicted molar refractivity (Wildman–Crippen MR) is 123 cm³/mol. The molecule has 1 amide bonds. The summed E-state index contributed by atoms with van der Waals surface area (Å²) in [5.41, 5.74) is 1.25. The standard InChI is InChI=1S/C27H27F2NO5/c1-33-21-9-7-15(13-22(21)34-2)11-12-30-24(17-5-3-4-6-19(17)29)23-25(31)18-14-16(28)8-10-20(18)35-26(23)27(30)32/h3-7,9,13,16,18,20,24H,8,10-12,14H2,1-2H3. The molecule has 2 aliphatic heterocycles. The first-order valence-corrected chi connectivity index (χ1v) is 11.8. The fraction of sp³-hybridized carbons (Fsp3) is 0.407. The summed E-state index contributed by atoms with van der Waals surface area (Å²) in [7, 11) is 3.09. The molecule has 4 unspecified atom stereocenters. The van der Waals surface area contributed by atoms with Crippen molar-refractivity contribution in [1.82, 2.24) is 4.90 Å². The molecule has 0 bridgehead atoms. The van der Waals surface area contributed by atoms with Crippen molar-refractivity contribution in [3.05, 3.63) is 70.7 Å². The molecule has 1 aliphatic carbocycles. The summed E-state index contributed by atoms with van der Waals surface area (Å²) in [6.45, 7) is 0.220. The number of ketones is 1. The molecule has 184 valence electrons. The quantitative estimate of drug-likeness (QED) is 0.612. The van der Waals surface area contributed by atoms with Crippen molar-refractivity contribution in [3.8, 4) is 11.5 Å². The van der Waals surface area contributed by atoms with Gasteiger partial charge >= 0.3 is 0 Å². The van der Waals surface area contributed by atoms with Gasteiger partial charge in [-0.05, 0) is 49.4 Å². The van der Waals surface area contributed by atoms with Crippen LogP contribution in [0.15, 0.2) is 53.8 Å². The second-order valence-electron chi connectivity index (χ2n) is 9.14. The van der Waals surface area contributed by atoms with E-state index in [0.717, 1.165) is 5.56 Å². The van der Waals surface area contributed by atoms with E-state index < -0.39 is 36.0 Å². The van der Waals surface area contributed by atoms with Crippen LogP contribution < -0.4 is 9.47 Å². The number of amides is 1. The summed E-state index contributed by atoms with van der Waals surface area (Å²) < 4.78 is 45.8. The number of hydrogen-bond acceptors (Lipinski definition) is 5. The van der Waals surface area contributed by atoms with Gasteiger partial charge in [-0.2, -0.15) is 0 Å². The largest absolute Gasteiger partial charge is 0.493 e. The van der Waals surface area contributed by atoms with E-state index in [-0.39, 0.29) is 35.6 Å². The van der Waals surface area contributed by atoms with Gasteiger partial charge in [-0.15, -0.1) is 0 Å². The fourth-order valence-electron chi connectivity index (χ4n) is 5.40. The van der Waals surface area contributed by atoms with Crippen LogP contribution in [0, 0.1) is 11.7 Å². The summed E-state index contributed by atoms with van der Waals surface area (Å²) in [5.74, 6) is -0.805. The molecule has 0 aromatic heterocycles. The monoisotopic (exact) mass is 483 g/mol. The average Bonchev–Trinajstić information content (AvgIpc) is 3.14. The summed E-state index contributed by atoms with van der Waals surface area (Å²) in [5, 5.41) is 0. The third kappa shape index (κ3) is 4.05. The van der Waals surface area contributed by atoms with E-state index in [2.05, 4.69) is 0 Å². The van der Waals surface area contributed by atoms with Gasteiger partial charge in [-0.3, -0.25) is 9.59 Å². The minimum Gasteiger partial charge on any atom is -0.493 e. The van der Waals surface area contributed by atoms with Crippen molar-refractivity contribution in [2.24, 2.45) is 5.92 Å². The highest BCUT2D eigenvalue weighted by Crippen LogP contribution is 2.47. The molecule has 0 radical (unpaired) electrons. The molecule has 4 atom stereocenters. The second-order valence-corrected chi connectivity index (χ2v) is 9.14. The third-order valence-electron chi connectivity index (χ3n) is 7.17. The minimum absolute atomic E-state index is 0.0193. The maximum Gasteiger partial charge on any atom is 0.290 e. The van der Waals surface area contributed by atoms with Gasteiger partial charge in [0, 0.05) is 12.1 Å². The lowest BCUT2D eigenvalue weighted by molar-refractivity contribution is -0.136. The Bertz CT molecular complexity index is 1200. The van der Waals surface area contributed by atoms with Crippen molar-refractivity contribution in [2.75, 3.05) is 20.8 Å². The summed E-state index contributed by atoms with van der Waals surface area (Å²) in [6.07, 6.45) is -0.446. The molecule has 35 heavy (non-hydrogen) atoms. The maximum atomic E-state index is 15.0. The van der Waals surface area contributed by atoms with Gasteiger partial charge in [-0.25, -0.2) is 8.78 Å². The van der Waals surface area contributed by atoms with E-state index in [0.29, 0.717) is 30.8 Å². The van der Waals surface area contributed by atoms with E-state index in [1.54, 1.807) is 38.5 Å².